The van der Waals surface area contributed by atoms with Crippen molar-refractivity contribution in [3.05, 3.63) is 77.5 Å². The Morgan fingerprint density at radius 1 is 0.880 bits per heavy atom. The molecule has 0 N–H and O–H groups in total. The van der Waals surface area contributed by atoms with Crippen LogP contribution in [0.5, 0.6) is 0 Å². The number of pyridine rings is 1. The summed E-state index contributed by atoms with van der Waals surface area (Å²) in [5.74, 6) is 0. The lowest BCUT2D eigenvalue weighted by Crippen LogP contribution is -2.32. The van der Waals surface area contributed by atoms with Gasteiger partial charge in [-0.3, -0.25) is 0 Å². The highest BCUT2D eigenvalue weighted by Gasteiger charge is 2.21. The Kier molecular flexibility index (Phi) is 3.58. The standard InChI is InChI=1S/C24H28N/c1-17-14-18(2)22(16-21(17)19-10-8-7-9-11-19)23-15-20(24(3,4)5)12-13-25(23)6/h7-16H,1-6H3/q+1/i1D3. The van der Waals surface area contributed by atoms with E-state index in [9.17, 15) is 0 Å². The van der Waals surface area contributed by atoms with Gasteiger partial charge in [-0.15, -0.1) is 0 Å². The van der Waals surface area contributed by atoms with E-state index < -0.39 is 6.85 Å². The highest BCUT2D eigenvalue weighted by atomic mass is 14.9. The van der Waals surface area contributed by atoms with Gasteiger partial charge in [0, 0.05) is 21.8 Å². The Morgan fingerprint density at radius 2 is 1.60 bits per heavy atom. The van der Waals surface area contributed by atoms with E-state index in [0.717, 1.165) is 27.9 Å². The Labute approximate surface area is 156 Å². The van der Waals surface area contributed by atoms with Crippen LogP contribution in [0.15, 0.2) is 60.8 Å². The number of aryl methyl sites for hydroxylation is 3. The van der Waals surface area contributed by atoms with E-state index in [0.29, 0.717) is 5.56 Å². The van der Waals surface area contributed by atoms with Crippen LogP contribution < -0.4 is 4.57 Å². The van der Waals surface area contributed by atoms with Crippen LogP contribution in [0.25, 0.3) is 22.4 Å². The molecule has 2 aromatic carbocycles. The summed E-state index contributed by atoms with van der Waals surface area (Å²) in [4.78, 5) is 0. The minimum Gasteiger partial charge on any atom is -0.201 e. The van der Waals surface area contributed by atoms with Crippen LogP contribution in [-0.2, 0) is 12.5 Å². The normalized spacial score (nSPS) is 13.9. The zero-order valence-corrected chi connectivity index (χ0v) is 15.7. The molecule has 0 radical (unpaired) electrons. The van der Waals surface area contributed by atoms with Crippen LogP contribution in [0.3, 0.4) is 0 Å². The number of nitrogens with zero attached hydrogens (tertiary/aromatic N) is 1. The third-order valence-corrected chi connectivity index (χ3v) is 4.74. The maximum atomic E-state index is 8.02. The molecule has 128 valence electrons. The van der Waals surface area contributed by atoms with E-state index in [1.807, 2.05) is 56.4 Å². The van der Waals surface area contributed by atoms with Gasteiger partial charge in [-0.25, -0.2) is 4.57 Å². The molecule has 0 aliphatic rings. The second-order valence-electron chi connectivity index (χ2n) is 7.74. The van der Waals surface area contributed by atoms with Gasteiger partial charge in [-0.1, -0.05) is 57.2 Å². The van der Waals surface area contributed by atoms with Gasteiger partial charge in [0.25, 0.3) is 0 Å². The molecule has 1 heteroatoms. The summed E-state index contributed by atoms with van der Waals surface area (Å²) in [6.45, 7) is 6.43. The molecule has 0 unspecified atom stereocenters. The smallest absolute Gasteiger partial charge is 0.201 e. The minimum atomic E-state index is -2.16. The van der Waals surface area contributed by atoms with Crippen molar-refractivity contribution in [3.8, 4) is 22.4 Å². The maximum absolute atomic E-state index is 8.02. The number of hydrogen-bond acceptors (Lipinski definition) is 0. The fourth-order valence-corrected chi connectivity index (χ4v) is 3.14. The fourth-order valence-electron chi connectivity index (χ4n) is 3.14. The fraction of sp³-hybridized carbons (Fsp3) is 0.292. The van der Waals surface area contributed by atoms with Crippen LogP contribution >= 0.6 is 0 Å². The molecule has 1 heterocycles. The molecule has 0 fully saturated rings. The highest BCUT2D eigenvalue weighted by Crippen LogP contribution is 2.32. The Balaban J connectivity index is 2.30. The van der Waals surface area contributed by atoms with E-state index in [4.69, 9.17) is 4.11 Å². The number of rotatable bonds is 2. The third kappa shape index (κ3) is 3.51. The van der Waals surface area contributed by atoms with Crippen molar-refractivity contribution in [2.24, 2.45) is 7.05 Å². The Bertz CT molecular complexity index is 997. The average Bonchev–Trinajstić information content (AvgIpc) is 2.61. The van der Waals surface area contributed by atoms with Gasteiger partial charge in [-0.2, -0.15) is 0 Å². The summed E-state index contributed by atoms with van der Waals surface area (Å²) in [6, 6.07) is 18.0. The summed E-state index contributed by atoms with van der Waals surface area (Å²) in [5.41, 5.74) is 6.48. The zero-order valence-electron chi connectivity index (χ0n) is 18.7. The van der Waals surface area contributed by atoms with Crippen molar-refractivity contribution in [1.29, 1.82) is 0 Å². The highest BCUT2D eigenvalue weighted by molar-refractivity contribution is 5.75. The molecular weight excluding hydrogens is 302 g/mol. The van der Waals surface area contributed by atoms with Gasteiger partial charge >= 0.3 is 0 Å². The summed E-state index contributed by atoms with van der Waals surface area (Å²) < 4.78 is 26.2. The Morgan fingerprint density at radius 3 is 2.24 bits per heavy atom. The first-order valence-electron chi connectivity index (χ1n) is 10.2. The largest absolute Gasteiger partial charge is 0.212 e. The van der Waals surface area contributed by atoms with E-state index in [1.165, 1.54) is 5.56 Å². The van der Waals surface area contributed by atoms with Crippen molar-refractivity contribution < 1.29 is 8.68 Å². The average molecular weight is 334 g/mol. The summed E-state index contributed by atoms with van der Waals surface area (Å²) in [6.07, 6.45) is 2.08. The molecule has 0 saturated carbocycles. The lowest BCUT2D eigenvalue weighted by Gasteiger charge is -2.19. The number of hydrogen-bond donors (Lipinski definition) is 0. The van der Waals surface area contributed by atoms with E-state index in [2.05, 4.69) is 43.7 Å². The Hall–Kier alpha value is -2.41. The van der Waals surface area contributed by atoms with Crippen LogP contribution in [0, 0.1) is 13.8 Å². The second kappa shape index (κ2) is 6.48. The van der Waals surface area contributed by atoms with Crippen molar-refractivity contribution in [2.45, 2.75) is 40.0 Å². The first-order chi connectivity index (χ1) is 13.0. The number of aromatic nitrogens is 1. The van der Waals surface area contributed by atoms with Gasteiger partial charge in [0.05, 0.1) is 0 Å². The van der Waals surface area contributed by atoms with Crippen LogP contribution in [0.4, 0.5) is 0 Å². The topological polar surface area (TPSA) is 3.88 Å². The lowest BCUT2D eigenvalue weighted by atomic mass is 9.86. The maximum Gasteiger partial charge on any atom is 0.212 e. The molecule has 0 saturated heterocycles. The molecule has 0 atom stereocenters. The SMILES string of the molecule is [2H]C([2H])([2H])c1cc(C)c(-c2cc(C(C)(C)C)cc[n+]2C)cc1-c1ccccc1. The van der Waals surface area contributed by atoms with Crippen LogP contribution in [-0.4, -0.2) is 0 Å². The summed E-state index contributed by atoms with van der Waals surface area (Å²) >= 11 is 0. The molecule has 0 aliphatic heterocycles. The van der Waals surface area contributed by atoms with E-state index in [1.54, 1.807) is 0 Å². The zero-order chi connectivity index (χ0) is 20.7. The number of benzene rings is 2. The van der Waals surface area contributed by atoms with E-state index in [-0.39, 0.29) is 5.41 Å². The van der Waals surface area contributed by atoms with Gasteiger partial charge in [0.1, 0.15) is 7.05 Å². The molecule has 0 aliphatic carbocycles. The molecule has 1 aromatic heterocycles. The van der Waals surface area contributed by atoms with Crippen molar-refractivity contribution >= 4 is 0 Å². The molecule has 25 heavy (non-hydrogen) atoms. The first kappa shape index (κ1) is 13.8. The van der Waals surface area contributed by atoms with Gasteiger partial charge in [0.2, 0.25) is 5.69 Å². The summed E-state index contributed by atoms with van der Waals surface area (Å²) in [7, 11) is 2.03. The van der Waals surface area contributed by atoms with Gasteiger partial charge in [-0.05, 0) is 53.1 Å². The van der Waals surface area contributed by atoms with Crippen molar-refractivity contribution in [1.82, 2.24) is 0 Å². The monoisotopic (exact) mass is 333 g/mol. The van der Waals surface area contributed by atoms with Gasteiger partial charge < -0.3 is 0 Å². The molecule has 1 nitrogen and oxygen atoms in total. The first-order valence-corrected chi connectivity index (χ1v) is 8.69. The van der Waals surface area contributed by atoms with Gasteiger partial charge in [0.15, 0.2) is 6.20 Å². The van der Waals surface area contributed by atoms with Crippen molar-refractivity contribution in [3.63, 3.8) is 0 Å². The molecule has 0 spiro atoms. The minimum absolute atomic E-state index is 0.0395. The molecule has 3 rings (SSSR count). The quantitative estimate of drug-likeness (QED) is 0.525. The third-order valence-electron chi connectivity index (χ3n) is 4.74. The molecule has 0 bridgehead atoms. The predicted octanol–water partition coefficient (Wildman–Crippen LogP) is 5.76. The second-order valence-corrected chi connectivity index (χ2v) is 7.74. The van der Waals surface area contributed by atoms with Crippen LogP contribution in [0.1, 0.15) is 41.6 Å². The van der Waals surface area contributed by atoms with Crippen molar-refractivity contribution in [2.75, 3.05) is 0 Å². The van der Waals surface area contributed by atoms with Crippen LogP contribution in [0.2, 0.25) is 0 Å². The summed E-state index contributed by atoms with van der Waals surface area (Å²) in [5, 5.41) is 0. The molecular formula is C24H28N+. The predicted molar refractivity (Wildman–Crippen MR) is 107 cm³/mol. The lowest BCUT2D eigenvalue weighted by molar-refractivity contribution is -0.660. The molecule has 0 amide bonds. The van der Waals surface area contributed by atoms with E-state index >= 15 is 0 Å². The molecule has 3 aromatic rings.